The van der Waals surface area contributed by atoms with E-state index in [-0.39, 0.29) is 16.3 Å². The number of carbonyl (C=O) groups excluding carboxylic acids is 1. The quantitative estimate of drug-likeness (QED) is 0.683. The largest absolute Gasteiger partial charge is 0.322 e. The lowest BCUT2D eigenvalue weighted by atomic mass is 10.2. The third-order valence-electron chi connectivity index (χ3n) is 2.51. The Kier molecular flexibility index (Phi) is 4.22. The van der Waals surface area contributed by atoms with Crippen molar-refractivity contribution >= 4 is 40.5 Å². The molecule has 0 spiro atoms. The van der Waals surface area contributed by atoms with E-state index in [4.69, 9.17) is 23.2 Å². The molecule has 0 saturated carbocycles. The van der Waals surface area contributed by atoms with Crippen LogP contribution in [0, 0.1) is 10.1 Å². The van der Waals surface area contributed by atoms with E-state index in [0.29, 0.717) is 10.7 Å². The lowest BCUT2D eigenvalue weighted by molar-refractivity contribution is -0.384. The molecule has 0 fully saturated rings. The zero-order chi connectivity index (χ0) is 14.7. The number of halogens is 2. The lowest BCUT2D eigenvalue weighted by Gasteiger charge is -2.05. The van der Waals surface area contributed by atoms with Crippen LogP contribution in [0.15, 0.2) is 42.5 Å². The average molecular weight is 311 g/mol. The molecule has 1 N–H and O–H groups in total. The van der Waals surface area contributed by atoms with Crippen molar-refractivity contribution in [2.75, 3.05) is 5.32 Å². The van der Waals surface area contributed by atoms with Crippen molar-refractivity contribution in [3.63, 3.8) is 0 Å². The fourth-order valence-corrected chi connectivity index (χ4v) is 1.91. The van der Waals surface area contributed by atoms with Crippen molar-refractivity contribution in [2.45, 2.75) is 0 Å². The van der Waals surface area contributed by atoms with Crippen LogP contribution in [-0.4, -0.2) is 10.8 Å². The van der Waals surface area contributed by atoms with Crippen molar-refractivity contribution in [1.29, 1.82) is 0 Å². The van der Waals surface area contributed by atoms with Gasteiger partial charge in [-0.25, -0.2) is 0 Å². The van der Waals surface area contributed by atoms with Crippen LogP contribution < -0.4 is 5.32 Å². The summed E-state index contributed by atoms with van der Waals surface area (Å²) in [4.78, 5) is 22.0. The topological polar surface area (TPSA) is 72.2 Å². The van der Waals surface area contributed by atoms with Crippen molar-refractivity contribution < 1.29 is 9.72 Å². The third kappa shape index (κ3) is 3.26. The molecule has 0 unspecified atom stereocenters. The fourth-order valence-electron chi connectivity index (χ4n) is 1.53. The zero-order valence-electron chi connectivity index (χ0n) is 9.97. The number of amides is 1. The lowest BCUT2D eigenvalue weighted by Crippen LogP contribution is -2.11. The second kappa shape index (κ2) is 5.90. The van der Waals surface area contributed by atoms with Crippen molar-refractivity contribution in [2.24, 2.45) is 0 Å². The molecular weight excluding hydrogens is 303 g/mol. The van der Waals surface area contributed by atoms with E-state index in [1.165, 1.54) is 18.2 Å². The Morgan fingerprint density at radius 2 is 1.75 bits per heavy atom. The number of hydrogen-bond donors (Lipinski definition) is 1. The van der Waals surface area contributed by atoms with E-state index in [0.717, 1.165) is 0 Å². The minimum atomic E-state index is -0.608. The van der Waals surface area contributed by atoms with Crippen LogP contribution in [0.5, 0.6) is 0 Å². The van der Waals surface area contributed by atoms with Crippen LogP contribution in [0.3, 0.4) is 0 Å². The molecule has 0 aromatic heterocycles. The van der Waals surface area contributed by atoms with E-state index >= 15 is 0 Å². The molecule has 0 radical (unpaired) electrons. The summed E-state index contributed by atoms with van der Waals surface area (Å²) in [6, 6.07) is 10.4. The maximum atomic E-state index is 12.0. The van der Waals surface area contributed by atoms with E-state index < -0.39 is 10.8 Å². The number of carbonyl (C=O) groups is 1. The molecular formula is C13H8Cl2N2O3. The van der Waals surface area contributed by atoms with Crippen LogP contribution in [0.2, 0.25) is 10.0 Å². The summed E-state index contributed by atoms with van der Waals surface area (Å²) in [6.45, 7) is 0. The van der Waals surface area contributed by atoms with Crippen LogP contribution >= 0.6 is 23.2 Å². The number of anilines is 1. The van der Waals surface area contributed by atoms with Gasteiger partial charge in [-0.1, -0.05) is 23.2 Å². The van der Waals surface area contributed by atoms with Gasteiger partial charge in [-0.15, -0.1) is 0 Å². The van der Waals surface area contributed by atoms with Gasteiger partial charge >= 0.3 is 0 Å². The van der Waals surface area contributed by atoms with Gasteiger partial charge < -0.3 is 5.32 Å². The molecule has 2 rings (SSSR count). The van der Waals surface area contributed by atoms with Gasteiger partial charge in [0, 0.05) is 22.3 Å². The van der Waals surface area contributed by atoms with Gasteiger partial charge in [0.15, 0.2) is 0 Å². The summed E-state index contributed by atoms with van der Waals surface area (Å²) in [5.41, 5.74) is 0.555. The summed E-state index contributed by atoms with van der Waals surface area (Å²) >= 11 is 11.5. The van der Waals surface area contributed by atoms with E-state index in [1.807, 2.05) is 0 Å². The highest BCUT2D eigenvalue weighted by molar-refractivity contribution is 6.33. The van der Waals surface area contributed by atoms with Crippen molar-refractivity contribution in [3.05, 3.63) is 68.2 Å². The van der Waals surface area contributed by atoms with E-state index in [1.54, 1.807) is 24.3 Å². The van der Waals surface area contributed by atoms with Gasteiger partial charge in [0.2, 0.25) is 0 Å². The Balaban J connectivity index is 2.19. The molecule has 2 aromatic carbocycles. The predicted octanol–water partition coefficient (Wildman–Crippen LogP) is 4.15. The highest BCUT2D eigenvalue weighted by atomic mass is 35.5. The first kappa shape index (κ1) is 14.3. The monoisotopic (exact) mass is 310 g/mol. The van der Waals surface area contributed by atoms with Crippen molar-refractivity contribution in [3.8, 4) is 0 Å². The van der Waals surface area contributed by atoms with Crippen LogP contribution in [0.25, 0.3) is 0 Å². The fraction of sp³-hybridized carbons (Fsp3) is 0. The Hall–Kier alpha value is -2.11. The normalized spacial score (nSPS) is 10.1. The number of nitrogens with one attached hydrogen (secondary N) is 1. The Labute approximate surface area is 124 Å². The summed E-state index contributed by atoms with van der Waals surface area (Å²) in [7, 11) is 0. The molecule has 0 atom stereocenters. The van der Waals surface area contributed by atoms with Crippen LogP contribution in [0.4, 0.5) is 11.4 Å². The molecule has 0 saturated heterocycles. The van der Waals surface area contributed by atoms with E-state index in [9.17, 15) is 14.9 Å². The molecule has 0 aliphatic rings. The average Bonchev–Trinajstić information content (AvgIpc) is 2.40. The minimum Gasteiger partial charge on any atom is -0.322 e. The summed E-state index contributed by atoms with van der Waals surface area (Å²) in [5, 5.41) is 13.7. The number of rotatable bonds is 3. The molecule has 0 bridgehead atoms. The molecule has 102 valence electrons. The first-order valence-electron chi connectivity index (χ1n) is 5.48. The maximum absolute atomic E-state index is 12.0. The Bertz CT molecular complexity index is 672. The van der Waals surface area contributed by atoms with Gasteiger partial charge in [-0.05, 0) is 36.4 Å². The molecule has 0 heterocycles. The van der Waals surface area contributed by atoms with Crippen molar-refractivity contribution in [1.82, 2.24) is 0 Å². The molecule has 20 heavy (non-hydrogen) atoms. The highest BCUT2D eigenvalue weighted by Crippen LogP contribution is 2.25. The minimum absolute atomic E-state index is 0.0845. The second-order valence-electron chi connectivity index (χ2n) is 3.88. The van der Waals surface area contributed by atoms with Gasteiger partial charge in [0.05, 0.1) is 4.92 Å². The zero-order valence-corrected chi connectivity index (χ0v) is 11.5. The van der Waals surface area contributed by atoms with Gasteiger partial charge in [0.25, 0.3) is 11.6 Å². The maximum Gasteiger partial charge on any atom is 0.287 e. The smallest absolute Gasteiger partial charge is 0.287 e. The van der Waals surface area contributed by atoms with Gasteiger partial charge in [0.1, 0.15) is 5.02 Å². The van der Waals surface area contributed by atoms with Crippen LogP contribution in [0.1, 0.15) is 10.4 Å². The molecule has 2 aromatic rings. The predicted molar refractivity (Wildman–Crippen MR) is 77.5 cm³/mol. The molecule has 0 aliphatic carbocycles. The van der Waals surface area contributed by atoms with E-state index in [2.05, 4.69) is 5.32 Å². The Morgan fingerprint density at radius 1 is 1.10 bits per heavy atom. The first-order chi connectivity index (χ1) is 9.47. The SMILES string of the molecule is O=C(Nc1ccc(Cl)cc1)c1ccc([N+](=O)[O-])c(Cl)c1. The highest BCUT2D eigenvalue weighted by Gasteiger charge is 2.15. The molecule has 5 nitrogen and oxygen atoms in total. The molecule has 7 heteroatoms. The van der Waals surface area contributed by atoms with Crippen LogP contribution in [-0.2, 0) is 0 Å². The van der Waals surface area contributed by atoms with Gasteiger partial charge in [-0.3, -0.25) is 14.9 Å². The number of hydrogen-bond acceptors (Lipinski definition) is 3. The summed E-state index contributed by atoms with van der Waals surface area (Å²) in [6.07, 6.45) is 0. The van der Waals surface area contributed by atoms with Gasteiger partial charge in [-0.2, -0.15) is 0 Å². The third-order valence-corrected chi connectivity index (χ3v) is 3.06. The standard InChI is InChI=1S/C13H8Cl2N2O3/c14-9-2-4-10(5-3-9)16-13(18)8-1-6-12(17(19)20)11(15)7-8/h1-7H,(H,16,18). The molecule has 1 amide bonds. The number of benzene rings is 2. The molecule has 0 aliphatic heterocycles. The first-order valence-corrected chi connectivity index (χ1v) is 6.24. The summed E-state index contributed by atoms with van der Waals surface area (Å²) in [5.74, 6) is -0.413. The Morgan fingerprint density at radius 3 is 2.30 bits per heavy atom. The second-order valence-corrected chi connectivity index (χ2v) is 4.73. The summed E-state index contributed by atoms with van der Waals surface area (Å²) < 4.78 is 0. The number of nitro benzene ring substituents is 1. The number of nitro groups is 1. The number of nitrogens with zero attached hydrogens (tertiary/aromatic N) is 1.